The Labute approximate surface area is 77.4 Å². The molecule has 12 heavy (non-hydrogen) atoms. The fourth-order valence-corrected chi connectivity index (χ4v) is 2.44. The van der Waals surface area contributed by atoms with Crippen LogP contribution in [0.3, 0.4) is 0 Å². The molecule has 0 unspecified atom stereocenters. The summed E-state index contributed by atoms with van der Waals surface area (Å²) < 4.78 is 13.2. The van der Waals surface area contributed by atoms with Crippen LogP contribution < -0.4 is 0 Å². The SMILES string of the molecule is CCCC(C)(C)c1sccc1F. The van der Waals surface area contributed by atoms with Crippen molar-refractivity contribution in [2.45, 2.75) is 39.0 Å². The van der Waals surface area contributed by atoms with Gasteiger partial charge in [-0.25, -0.2) is 4.39 Å². The summed E-state index contributed by atoms with van der Waals surface area (Å²) in [6, 6.07) is 1.55. The highest BCUT2D eigenvalue weighted by molar-refractivity contribution is 7.10. The van der Waals surface area contributed by atoms with Crippen molar-refractivity contribution in [2.24, 2.45) is 0 Å². The van der Waals surface area contributed by atoms with Crippen LogP contribution in [0, 0.1) is 5.82 Å². The third-order valence-corrected chi connectivity index (χ3v) is 3.36. The molecule has 0 aliphatic rings. The molecule has 0 fully saturated rings. The third-order valence-electron chi connectivity index (χ3n) is 2.11. The van der Waals surface area contributed by atoms with Crippen molar-refractivity contribution in [2.75, 3.05) is 0 Å². The van der Waals surface area contributed by atoms with Gasteiger partial charge in [0, 0.05) is 10.3 Å². The molecule has 1 aromatic rings. The van der Waals surface area contributed by atoms with E-state index in [9.17, 15) is 4.39 Å². The Kier molecular flexibility index (Phi) is 2.89. The van der Waals surface area contributed by atoms with Gasteiger partial charge in [0.1, 0.15) is 5.82 Å². The van der Waals surface area contributed by atoms with Gasteiger partial charge in [0.25, 0.3) is 0 Å². The van der Waals surface area contributed by atoms with E-state index in [1.165, 1.54) is 11.3 Å². The van der Waals surface area contributed by atoms with E-state index in [1.54, 1.807) is 6.07 Å². The number of hydrogen-bond donors (Lipinski definition) is 0. The number of rotatable bonds is 3. The molecule has 0 atom stereocenters. The fourth-order valence-electron chi connectivity index (χ4n) is 1.52. The molecule has 0 N–H and O–H groups in total. The Morgan fingerprint density at radius 1 is 1.50 bits per heavy atom. The van der Waals surface area contributed by atoms with Gasteiger partial charge in [0.2, 0.25) is 0 Å². The lowest BCUT2D eigenvalue weighted by atomic mass is 9.86. The van der Waals surface area contributed by atoms with E-state index in [-0.39, 0.29) is 11.2 Å². The maximum Gasteiger partial charge on any atom is 0.137 e. The van der Waals surface area contributed by atoms with E-state index in [1.807, 2.05) is 5.38 Å². The van der Waals surface area contributed by atoms with Crippen molar-refractivity contribution >= 4 is 11.3 Å². The smallest absolute Gasteiger partial charge is 0.137 e. The summed E-state index contributed by atoms with van der Waals surface area (Å²) in [6.45, 7) is 6.34. The first-order valence-electron chi connectivity index (χ1n) is 4.31. The lowest BCUT2D eigenvalue weighted by Crippen LogP contribution is -2.16. The summed E-state index contributed by atoms with van der Waals surface area (Å²) >= 11 is 1.52. The Morgan fingerprint density at radius 2 is 2.17 bits per heavy atom. The summed E-state index contributed by atoms with van der Waals surface area (Å²) in [5, 5.41) is 1.82. The molecule has 0 spiro atoms. The van der Waals surface area contributed by atoms with Crippen LogP contribution in [0.15, 0.2) is 11.4 Å². The highest BCUT2D eigenvalue weighted by Gasteiger charge is 2.24. The highest BCUT2D eigenvalue weighted by Crippen LogP contribution is 2.33. The summed E-state index contributed by atoms with van der Waals surface area (Å²) in [6.07, 6.45) is 2.15. The average Bonchev–Trinajstić information content (AvgIpc) is 2.35. The van der Waals surface area contributed by atoms with Crippen LogP contribution in [0.2, 0.25) is 0 Å². The van der Waals surface area contributed by atoms with Gasteiger partial charge in [-0.2, -0.15) is 0 Å². The second-order valence-corrected chi connectivity index (χ2v) is 4.65. The molecular weight excluding hydrogens is 171 g/mol. The Morgan fingerprint density at radius 3 is 2.58 bits per heavy atom. The molecule has 0 saturated carbocycles. The molecule has 0 amide bonds. The van der Waals surface area contributed by atoms with Gasteiger partial charge < -0.3 is 0 Å². The molecule has 0 bridgehead atoms. The molecule has 1 heterocycles. The Bertz CT molecular complexity index is 250. The fraction of sp³-hybridized carbons (Fsp3) is 0.600. The van der Waals surface area contributed by atoms with Gasteiger partial charge in [-0.3, -0.25) is 0 Å². The first-order chi connectivity index (χ1) is 5.58. The van der Waals surface area contributed by atoms with E-state index in [4.69, 9.17) is 0 Å². The quantitative estimate of drug-likeness (QED) is 0.670. The number of thiophene rings is 1. The monoisotopic (exact) mass is 186 g/mol. The summed E-state index contributed by atoms with van der Waals surface area (Å²) in [5.41, 5.74) is 0.00694. The first kappa shape index (κ1) is 9.72. The molecule has 0 aromatic carbocycles. The normalized spacial score (nSPS) is 12.0. The lowest BCUT2D eigenvalue weighted by Gasteiger charge is -2.22. The van der Waals surface area contributed by atoms with Crippen molar-refractivity contribution in [1.29, 1.82) is 0 Å². The van der Waals surface area contributed by atoms with Crippen LogP contribution in [-0.4, -0.2) is 0 Å². The molecule has 0 nitrogen and oxygen atoms in total. The van der Waals surface area contributed by atoms with Gasteiger partial charge in [0.05, 0.1) is 0 Å². The molecule has 0 aliphatic carbocycles. The molecule has 68 valence electrons. The van der Waals surface area contributed by atoms with Crippen LogP contribution in [-0.2, 0) is 5.41 Å². The average molecular weight is 186 g/mol. The Hall–Kier alpha value is -0.370. The maximum absolute atomic E-state index is 13.2. The summed E-state index contributed by atoms with van der Waals surface area (Å²) in [7, 11) is 0. The van der Waals surface area contributed by atoms with Crippen molar-refractivity contribution < 1.29 is 4.39 Å². The van der Waals surface area contributed by atoms with Crippen molar-refractivity contribution in [1.82, 2.24) is 0 Å². The number of hydrogen-bond acceptors (Lipinski definition) is 1. The van der Waals surface area contributed by atoms with E-state index in [0.717, 1.165) is 17.7 Å². The van der Waals surface area contributed by atoms with E-state index >= 15 is 0 Å². The minimum absolute atomic E-state index is 0.00694. The second-order valence-electron chi connectivity index (χ2n) is 3.73. The molecule has 1 rings (SSSR count). The second kappa shape index (κ2) is 3.56. The largest absolute Gasteiger partial charge is 0.206 e. The van der Waals surface area contributed by atoms with Gasteiger partial charge in [0.15, 0.2) is 0 Å². The molecule has 2 heteroatoms. The van der Waals surface area contributed by atoms with E-state index in [0.29, 0.717) is 0 Å². The van der Waals surface area contributed by atoms with Crippen LogP contribution in [0.1, 0.15) is 38.5 Å². The molecule has 0 aliphatic heterocycles. The molecule has 1 aromatic heterocycles. The van der Waals surface area contributed by atoms with Crippen LogP contribution in [0.5, 0.6) is 0 Å². The summed E-state index contributed by atoms with van der Waals surface area (Å²) in [4.78, 5) is 0.893. The molecular formula is C10H15FS. The third kappa shape index (κ3) is 1.86. The van der Waals surface area contributed by atoms with Crippen LogP contribution >= 0.6 is 11.3 Å². The zero-order valence-corrected chi connectivity index (χ0v) is 8.67. The van der Waals surface area contributed by atoms with Crippen molar-refractivity contribution in [3.05, 3.63) is 22.1 Å². The Balaban J connectivity index is 2.88. The maximum atomic E-state index is 13.2. The highest BCUT2D eigenvalue weighted by atomic mass is 32.1. The topological polar surface area (TPSA) is 0 Å². The van der Waals surface area contributed by atoms with Crippen LogP contribution in [0.25, 0.3) is 0 Å². The van der Waals surface area contributed by atoms with Gasteiger partial charge in [-0.1, -0.05) is 27.2 Å². The van der Waals surface area contributed by atoms with Gasteiger partial charge in [-0.15, -0.1) is 11.3 Å². The first-order valence-corrected chi connectivity index (χ1v) is 5.19. The minimum Gasteiger partial charge on any atom is -0.206 e. The predicted octanol–water partition coefficient (Wildman–Crippen LogP) is 3.96. The minimum atomic E-state index is -0.0431. The van der Waals surface area contributed by atoms with E-state index in [2.05, 4.69) is 20.8 Å². The molecule has 0 radical (unpaired) electrons. The lowest BCUT2D eigenvalue weighted by molar-refractivity contribution is 0.456. The number of halogens is 1. The van der Waals surface area contributed by atoms with Crippen LogP contribution in [0.4, 0.5) is 4.39 Å². The predicted molar refractivity (Wildman–Crippen MR) is 52.2 cm³/mol. The zero-order valence-electron chi connectivity index (χ0n) is 7.86. The standard InChI is InChI=1S/C10H15FS/c1-4-6-10(2,3)9-8(11)5-7-12-9/h5,7H,4,6H2,1-3H3. The zero-order chi connectivity index (χ0) is 9.19. The van der Waals surface area contributed by atoms with E-state index < -0.39 is 0 Å². The molecule has 0 saturated heterocycles. The van der Waals surface area contributed by atoms with Gasteiger partial charge >= 0.3 is 0 Å². The summed E-state index contributed by atoms with van der Waals surface area (Å²) in [5.74, 6) is -0.0431. The van der Waals surface area contributed by atoms with Crippen molar-refractivity contribution in [3.8, 4) is 0 Å². The van der Waals surface area contributed by atoms with Crippen molar-refractivity contribution in [3.63, 3.8) is 0 Å². The van der Waals surface area contributed by atoms with Gasteiger partial charge in [-0.05, 0) is 17.9 Å².